The molecule has 0 aromatic rings. The lowest BCUT2D eigenvalue weighted by Crippen LogP contribution is -2.24. The Morgan fingerprint density at radius 2 is 2.00 bits per heavy atom. The minimum atomic E-state index is -3.52. The lowest BCUT2D eigenvalue weighted by molar-refractivity contribution is 0.141. The van der Waals surface area contributed by atoms with Crippen LogP contribution < -0.4 is 0 Å². The number of rotatable bonds is 2. The summed E-state index contributed by atoms with van der Waals surface area (Å²) in [7, 11) is -3.52. The molecule has 3 nitrogen and oxygen atoms in total. The van der Waals surface area contributed by atoms with Gasteiger partial charge in [0.2, 0.25) is 0 Å². The topological polar surface area (TPSA) is 43.4 Å². The van der Waals surface area contributed by atoms with Crippen LogP contribution in [0.25, 0.3) is 0 Å². The molecule has 1 rings (SSSR count). The molecule has 0 aliphatic heterocycles. The van der Waals surface area contributed by atoms with Crippen molar-refractivity contribution in [2.75, 3.05) is 0 Å². The Bertz CT molecular complexity index is 342. The predicted octanol–water partition coefficient (Wildman–Crippen LogP) is 1.98. The molecular weight excluding hydrogens is 188 g/mol. The number of hydrogen-bond acceptors (Lipinski definition) is 3. The van der Waals surface area contributed by atoms with E-state index in [1.807, 2.05) is 0 Å². The van der Waals surface area contributed by atoms with Crippen molar-refractivity contribution >= 4 is 10.1 Å². The molecule has 1 aliphatic rings. The van der Waals surface area contributed by atoms with Gasteiger partial charge in [-0.25, -0.2) is 0 Å². The van der Waals surface area contributed by atoms with Crippen molar-refractivity contribution in [3.8, 4) is 0 Å². The summed E-state index contributed by atoms with van der Waals surface area (Å²) >= 11 is 0. The minimum Gasteiger partial charge on any atom is -0.261 e. The highest BCUT2D eigenvalue weighted by atomic mass is 32.2. The first-order valence-electron chi connectivity index (χ1n) is 4.13. The summed E-state index contributed by atoms with van der Waals surface area (Å²) in [5.74, 6) is 0. The van der Waals surface area contributed by atoms with Crippen LogP contribution in [0.3, 0.4) is 0 Å². The zero-order valence-electron chi connectivity index (χ0n) is 8.07. The smallest absolute Gasteiger partial charge is 0.261 e. The van der Waals surface area contributed by atoms with Crippen molar-refractivity contribution in [2.45, 2.75) is 32.8 Å². The maximum absolute atomic E-state index is 11.5. The van der Waals surface area contributed by atoms with E-state index in [1.165, 1.54) is 0 Å². The highest BCUT2D eigenvalue weighted by Gasteiger charge is 2.25. The fourth-order valence-electron chi connectivity index (χ4n) is 0.996. The maximum Gasteiger partial charge on any atom is 0.293 e. The molecule has 4 heteroatoms. The van der Waals surface area contributed by atoms with Gasteiger partial charge in [-0.15, -0.1) is 0 Å². The fourth-order valence-corrected chi connectivity index (χ4v) is 2.31. The van der Waals surface area contributed by atoms with Crippen LogP contribution in [-0.2, 0) is 14.3 Å². The van der Waals surface area contributed by atoms with Crippen molar-refractivity contribution < 1.29 is 12.6 Å². The molecule has 0 heterocycles. The zero-order chi connectivity index (χ0) is 10.1. The average Bonchev–Trinajstić information content (AvgIpc) is 2.29. The van der Waals surface area contributed by atoms with Crippen molar-refractivity contribution in [3.63, 3.8) is 0 Å². The highest BCUT2D eigenvalue weighted by Crippen LogP contribution is 2.23. The monoisotopic (exact) mass is 202 g/mol. The number of hydrogen-bond donors (Lipinski definition) is 0. The molecule has 0 atom stereocenters. The van der Waals surface area contributed by atoms with Gasteiger partial charge >= 0.3 is 0 Å². The first kappa shape index (κ1) is 10.5. The Balaban J connectivity index is 2.79. The van der Waals surface area contributed by atoms with Crippen LogP contribution in [0.2, 0.25) is 0 Å². The fraction of sp³-hybridized carbons (Fsp3) is 0.556. The predicted molar refractivity (Wildman–Crippen MR) is 51.6 cm³/mol. The molecule has 0 bridgehead atoms. The summed E-state index contributed by atoms with van der Waals surface area (Å²) in [5, 5.41) is 0. The van der Waals surface area contributed by atoms with Crippen LogP contribution in [0.1, 0.15) is 27.2 Å². The molecule has 0 unspecified atom stereocenters. The van der Waals surface area contributed by atoms with Gasteiger partial charge in [0.25, 0.3) is 10.1 Å². The second kappa shape index (κ2) is 3.27. The third-order valence-electron chi connectivity index (χ3n) is 1.42. The van der Waals surface area contributed by atoms with Gasteiger partial charge in [-0.05, 0) is 26.8 Å². The second-order valence-corrected chi connectivity index (χ2v) is 5.51. The quantitative estimate of drug-likeness (QED) is 0.643. The molecular formula is C9H14O3S. The van der Waals surface area contributed by atoms with Gasteiger partial charge in [0.15, 0.2) is 0 Å². The third-order valence-corrected chi connectivity index (χ3v) is 3.08. The van der Waals surface area contributed by atoms with Gasteiger partial charge in [-0.2, -0.15) is 8.42 Å². The summed E-state index contributed by atoms with van der Waals surface area (Å²) in [4.78, 5) is 0.336. The normalized spacial score (nSPS) is 17.6. The lowest BCUT2D eigenvalue weighted by Gasteiger charge is -2.19. The Morgan fingerprint density at radius 1 is 1.38 bits per heavy atom. The van der Waals surface area contributed by atoms with E-state index in [1.54, 1.807) is 39.0 Å². The molecule has 0 aromatic carbocycles. The van der Waals surface area contributed by atoms with Gasteiger partial charge < -0.3 is 0 Å². The Kier molecular flexibility index (Phi) is 2.63. The van der Waals surface area contributed by atoms with Crippen LogP contribution in [0.5, 0.6) is 0 Å². The van der Waals surface area contributed by atoms with E-state index in [0.29, 0.717) is 11.3 Å². The van der Waals surface area contributed by atoms with Gasteiger partial charge in [0, 0.05) is 6.42 Å². The molecule has 1 aliphatic carbocycles. The van der Waals surface area contributed by atoms with Crippen molar-refractivity contribution in [2.24, 2.45) is 0 Å². The first-order valence-corrected chi connectivity index (χ1v) is 5.53. The largest absolute Gasteiger partial charge is 0.293 e. The van der Waals surface area contributed by atoms with E-state index in [9.17, 15) is 8.42 Å². The first-order chi connectivity index (χ1) is 5.81. The van der Waals surface area contributed by atoms with E-state index in [2.05, 4.69) is 0 Å². The lowest BCUT2D eigenvalue weighted by atomic mass is 10.2. The van der Waals surface area contributed by atoms with E-state index in [0.717, 1.165) is 0 Å². The Labute approximate surface area is 79.2 Å². The minimum absolute atomic E-state index is 0.336. The zero-order valence-corrected chi connectivity index (χ0v) is 8.89. The molecule has 0 radical (unpaired) electrons. The molecule has 0 fully saturated rings. The Morgan fingerprint density at radius 3 is 2.38 bits per heavy atom. The van der Waals surface area contributed by atoms with Crippen LogP contribution in [0.15, 0.2) is 23.1 Å². The Hall–Kier alpha value is -0.610. The van der Waals surface area contributed by atoms with Crippen LogP contribution in [-0.4, -0.2) is 14.0 Å². The second-order valence-electron chi connectivity index (χ2n) is 3.92. The van der Waals surface area contributed by atoms with E-state index < -0.39 is 15.7 Å². The molecule has 13 heavy (non-hydrogen) atoms. The van der Waals surface area contributed by atoms with Gasteiger partial charge in [0.05, 0.1) is 10.5 Å². The molecule has 0 spiro atoms. The maximum atomic E-state index is 11.5. The molecule has 0 N–H and O–H groups in total. The van der Waals surface area contributed by atoms with Crippen molar-refractivity contribution in [1.29, 1.82) is 0 Å². The summed E-state index contributed by atoms with van der Waals surface area (Å²) < 4.78 is 28.0. The van der Waals surface area contributed by atoms with Gasteiger partial charge in [-0.3, -0.25) is 4.18 Å². The highest BCUT2D eigenvalue weighted by molar-refractivity contribution is 7.90. The van der Waals surface area contributed by atoms with Gasteiger partial charge in [0.1, 0.15) is 0 Å². The van der Waals surface area contributed by atoms with E-state index in [4.69, 9.17) is 4.18 Å². The van der Waals surface area contributed by atoms with Crippen molar-refractivity contribution in [3.05, 3.63) is 23.1 Å². The van der Waals surface area contributed by atoms with Gasteiger partial charge in [-0.1, -0.05) is 12.2 Å². The van der Waals surface area contributed by atoms with Crippen LogP contribution >= 0.6 is 0 Å². The third kappa shape index (κ3) is 2.97. The molecule has 0 saturated heterocycles. The molecule has 0 saturated carbocycles. The van der Waals surface area contributed by atoms with E-state index in [-0.39, 0.29) is 0 Å². The SMILES string of the molecule is CC(C)(C)OS(=O)(=O)C1=CC=CC1. The molecule has 0 aromatic heterocycles. The average molecular weight is 202 g/mol. The van der Waals surface area contributed by atoms with Crippen molar-refractivity contribution in [1.82, 2.24) is 0 Å². The van der Waals surface area contributed by atoms with E-state index >= 15 is 0 Å². The summed E-state index contributed by atoms with van der Waals surface area (Å²) in [6, 6.07) is 0. The van der Waals surface area contributed by atoms with Crippen LogP contribution in [0.4, 0.5) is 0 Å². The molecule has 0 amide bonds. The summed E-state index contributed by atoms with van der Waals surface area (Å²) in [6.45, 7) is 5.15. The van der Waals surface area contributed by atoms with Crippen LogP contribution in [0, 0.1) is 0 Å². The standard InChI is InChI=1S/C9H14O3S/c1-9(2,3)12-13(10,11)8-6-4-5-7-8/h4-6H,7H2,1-3H3. The summed E-state index contributed by atoms with van der Waals surface area (Å²) in [5.41, 5.74) is -0.664. The number of allylic oxidation sites excluding steroid dienone is 4. The molecule has 74 valence electrons. The summed E-state index contributed by atoms with van der Waals surface area (Å²) in [6.07, 6.45) is 5.53.